The molecule has 0 unspecified atom stereocenters. The van der Waals surface area contributed by atoms with E-state index in [1.807, 2.05) is 5.40 Å². The third kappa shape index (κ3) is 4.25. The van der Waals surface area contributed by atoms with E-state index in [2.05, 4.69) is 10.3 Å². The van der Waals surface area contributed by atoms with E-state index in [0.29, 0.717) is 43.8 Å². The van der Waals surface area contributed by atoms with Gasteiger partial charge in [0.2, 0.25) is 5.91 Å². The van der Waals surface area contributed by atoms with Gasteiger partial charge in [-0.1, -0.05) is 11.6 Å². The number of amides is 1. The van der Waals surface area contributed by atoms with Crippen LogP contribution in [0.15, 0.2) is 47.5 Å². The smallest absolute Gasteiger partial charge is 0.221 e. The number of hydrogen-bond donors (Lipinski definition) is 1. The highest BCUT2D eigenvalue weighted by Gasteiger charge is 2.12. The number of nitriles is 1. The lowest BCUT2D eigenvalue weighted by Crippen LogP contribution is -2.07. The fourth-order valence-electron chi connectivity index (χ4n) is 2.50. The van der Waals surface area contributed by atoms with Crippen molar-refractivity contribution in [3.05, 3.63) is 47.6 Å². The quantitative estimate of drug-likeness (QED) is 0.467. The minimum absolute atomic E-state index is 0.212. The number of nitrogens with zero attached hydrogens (tertiary/aromatic N) is 2. The molecule has 0 aliphatic carbocycles. The largest absolute Gasteiger partial charge is 0.494 e. The second kappa shape index (κ2) is 8.16. The van der Waals surface area contributed by atoms with Crippen LogP contribution in [-0.4, -0.2) is 18.0 Å². The summed E-state index contributed by atoms with van der Waals surface area (Å²) >= 11 is 7.17. The number of pyridine rings is 1. The molecule has 0 atom stereocenters. The first-order valence-electron chi connectivity index (χ1n) is 7.79. The highest BCUT2D eigenvalue weighted by atomic mass is 35.5. The van der Waals surface area contributed by atoms with E-state index in [-0.39, 0.29) is 5.91 Å². The van der Waals surface area contributed by atoms with Gasteiger partial charge in [0, 0.05) is 35.5 Å². The number of benzene rings is 2. The van der Waals surface area contributed by atoms with E-state index < -0.39 is 0 Å². The van der Waals surface area contributed by atoms with Gasteiger partial charge in [0.25, 0.3) is 0 Å². The first-order valence-corrected chi connectivity index (χ1v) is 8.99. The van der Waals surface area contributed by atoms with Crippen molar-refractivity contribution in [2.45, 2.75) is 11.8 Å². The van der Waals surface area contributed by atoms with Gasteiger partial charge < -0.3 is 14.8 Å². The van der Waals surface area contributed by atoms with Crippen molar-refractivity contribution in [3.63, 3.8) is 0 Å². The lowest BCUT2D eigenvalue weighted by atomic mass is 10.1. The number of hydrogen-bond acceptors (Lipinski definition) is 6. The molecule has 1 N–H and O–H groups in total. The number of nitrogens with one attached hydrogen (secondary N) is 1. The van der Waals surface area contributed by atoms with Crippen LogP contribution in [0.25, 0.3) is 10.9 Å². The zero-order valence-corrected chi connectivity index (χ0v) is 16.0. The van der Waals surface area contributed by atoms with Crippen molar-refractivity contribution in [1.29, 1.82) is 5.26 Å². The van der Waals surface area contributed by atoms with Gasteiger partial charge in [0.1, 0.15) is 22.6 Å². The molecular formula is C19H14ClN3O3S. The van der Waals surface area contributed by atoms with Crippen LogP contribution in [0.2, 0.25) is 5.02 Å². The average molecular weight is 400 g/mol. The van der Waals surface area contributed by atoms with Crippen LogP contribution in [0, 0.1) is 10.7 Å². The summed E-state index contributed by atoms with van der Waals surface area (Å²) < 4.78 is 11.3. The monoisotopic (exact) mass is 399 g/mol. The molecule has 0 spiro atoms. The van der Waals surface area contributed by atoms with Gasteiger partial charge in [-0.3, -0.25) is 9.78 Å². The van der Waals surface area contributed by atoms with Gasteiger partial charge in [0.05, 0.1) is 23.3 Å². The highest BCUT2D eigenvalue weighted by Crippen LogP contribution is 2.37. The minimum atomic E-state index is -0.212. The molecule has 8 heteroatoms. The number of aromatic nitrogens is 1. The van der Waals surface area contributed by atoms with Crippen molar-refractivity contribution in [3.8, 4) is 22.6 Å². The summed E-state index contributed by atoms with van der Waals surface area (Å²) in [6, 6.07) is 10.3. The summed E-state index contributed by atoms with van der Waals surface area (Å²) in [5.74, 6) is 1.36. The highest BCUT2D eigenvalue weighted by molar-refractivity contribution is 8.03. The van der Waals surface area contributed by atoms with Crippen molar-refractivity contribution >= 4 is 45.9 Å². The number of methoxy groups -OCH3 is 1. The topological polar surface area (TPSA) is 84.2 Å². The van der Waals surface area contributed by atoms with Gasteiger partial charge in [-0.05, 0) is 36.0 Å². The van der Waals surface area contributed by atoms with Crippen LogP contribution in [0.4, 0.5) is 5.69 Å². The summed E-state index contributed by atoms with van der Waals surface area (Å²) in [5, 5.41) is 14.6. The van der Waals surface area contributed by atoms with Crippen LogP contribution in [0.3, 0.4) is 0 Å². The second-order valence-corrected chi connectivity index (χ2v) is 6.68. The first kappa shape index (κ1) is 18.8. The summed E-state index contributed by atoms with van der Waals surface area (Å²) in [4.78, 5) is 16.4. The molecule has 1 heterocycles. The first-order chi connectivity index (χ1) is 13.0. The Balaban J connectivity index is 2.03. The Morgan fingerprint density at radius 3 is 2.74 bits per heavy atom. The van der Waals surface area contributed by atoms with Crippen molar-refractivity contribution in [2.24, 2.45) is 0 Å². The Hall–Kier alpha value is -2.95. The molecule has 0 bridgehead atoms. The molecule has 1 amide bonds. The third-order valence-electron chi connectivity index (χ3n) is 3.62. The molecule has 0 fully saturated rings. The van der Waals surface area contributed by atoms with E-state index in [9.17, 15) is 4.79 Å². The molecule has 0 radical (unpaired) electrons. The Morgan fingerprint density at radius 1 is 1.26 bits per heavy atom. The van der Waals surface area contributed by atoms with Gasteiger partial charge in [0.15, 0.2) is 0 Å². The molecule has 0 saturated carbocycles. The molecule has 3 rings (SSSR count). The number of fused-ring (bicyclic) bond motifs is 1. The zero-order valence-electron chi connectivity index (χ0n) is 14.4. The van der Waals surface area contributed by atoms with Crippen molar-refractivity contribution in [2.75, 3.05) is 12.4 Å². The minimum Gasteiger partial charge on any atom is -0.494 e. The predicted octanol–water partition coefficient (Wildman–Crippen LogP) is 5.22. The summed E-state index contributed by atoms with van der Waals surface area (Å²) in [6.07, 6.45) is 1.62. The van der Waals surface area contributed by atoms with Gasteiger partial charge >= 0.3 is 0 Å². The molecule has 2 aromatic carbocycles. The number of rotatable bonds is 5. The van der Waals surface area contributed by atoms with E-state index in [1.165, 1.54) is 14.0 Å². The molecule has 3 aromatic rings. The van der Waals surface area contributed by atoms with Crippen molar-refractivity contribution in [1.82, 2.24) is 4.98 Å². The van der Waals surface area contributed by atoms with E-state index in [1.54, 1.807) is 42.6 Å². The fourth-order valence-corrected chi connectivity index (χ4v) is 3.17. The molecule has 1 aromatic heterocycles. The number of thioether (sulfide) groups is 1. The maximum absolute atomic E-state index is 11.5. The van der Waals surface area contributed by atoms with Crippen LogP contribution in [0.1, 0.15) is 6.92 Å². The second-order valence-electron chi connectivity index (χ2n) is 5.45. The molecule has 27 heavy (non-hydrogen) atoms. The van der Waals surface area contributed by atoms with E-state index >= 15 is 0 Å². The van der Waals surface area contributed by atoms with Crippen LogP contribution < -0.4 is 14.8 Å². The summed E-state index contributed by atoms with van der Waals surface area (Å²) in [6.45, 7) is 1.42. The van der Waals surface area contributed by atoms with Crippen molar-refractivity contribution < 1.29 is 14.3 Å². The Kier molecular flexibility index (Phi) is 5.69. The van der Waals surface area contributed by atoms with Crippen LogP contribution in [-0.2, 0) is 4.79 Å². The molecular weight excluding hydrogens is 386 g/mol. The van der Waals surface area contributed by atoms with Gasteiger partial charge in [-0.2, -0.15) is 5.26 Å². The number of carbonyl (C=O) groups is 1. The lowest BCUT2D eigenvalue weighted by Gasteiger charge is -2.13. The number of anilines is 1. The summed E-state index contributed by atoms with van der Waals surface area (Å²) in [5.41, 5.74) is 1.18. The lowest BCUT2D eigenvalue weighted by molar-refractivity contribution is -0.114. The van der Waals surface area contributed by atoms with Crippen LogP contribution >= 0.6 is 23.4 Å². The van der Waals surface area contributed by atoms with E-state index in [4.69, 9.17) is 26.3 Å². The Labute approximate surface area is 165 Å². The number of ether oxygens (including phenoxy) is 2. The standard InChI is InChI=1S/C19H14ClN3O3S/c1-11(24)23-16-8-13-15(9-18(16)25-2)22-6-5-17(13)26-12-3-4-19(27-10-21)14(20)7-12/h3-9H,1-2H3,(H,23,24). The summed E-state index contributed by atoms with van der Waals surface area (Å²) in [7, 11) is 1.52. The number of carbonyl (C=O) groups excluding carboxylic acids is 1. The van der Waals surface area contributed by atoms with Crippen LogP contribution in [0.5, 0.6) is 17.2 Å². The molecule has 136 valence electrons. The Bertz CT molecular complexity index is 1070. The predicted molar refractivity (Wildman–Crippen MR) is 106 cm³/mol. The Morgan fingerprint density at radius 2 is 2.07 bits per heavy atom. The molecule has 0 saturated heterocycles. The number of thiocyanates is 1. The third-order valence-corrected chi connectivity index (χ3v) is 4.71. The maximum Gasteiger partial charge on any atom is 0.221 e. The SMILES string of the molecule is COc1cc2nccc(Oc3ccc(SC#N)c(Cl)c3)c2cc1NC(C)=O. The fraction of sp³-hybridized carbons (Fsp3) is 0.105. The van der Waals surface area contributed by atoms with Gasteiger partial charge in [-0.25, -0.2) is 0 Å². The van der Waals surface area contributed by atoms with E-state index in [0.717, 1.165) is 11.8 Å². The molecule has 0 aliphatic heterocycles. The number of halogens is 1. The molecule has 0 aliphatic rings. The normalized spacial score (nSPS) is 10.3. The maximum atomic E-state index is 11.5. The van der Waals surface area contributed by atoms with Gasteiger partial charge in [-0.15, -0.1) is 0 Å². The zero-order chi connectivity index (χ0) is 19.4. The average Bonchev–Trinajstić information content (AvgIpc) is 2.63. The molecule has 6 nitrogen and oxygen atoms in total.